The van der Waals surface area contributed by atoms with Crippen molar-refractivity contribution in [2.24, 2.45) is 4.99 Å². The van der Waals surface area contributed by atoms with E-state index in [1.54, 1.807) is 62.9 Å². The van der Waals surface area contributed by atoms with Gasteiger partial charge in [-0.05, 0) is 80.9 Å². The highest BCUT2D eigenvalue weighted by Gasteiger charge is 2.34. The summed E-state index contributed by atoms with van der Waals surface area (Å²) in [5, 5.41) is 4.89. The number of hydrogen-bond donors (Lipinski definition) is 0. The van der Waals surface area contributed by atoms with Gasteiger partial charge in [-0.2, -0.15) is 5.10 Å². The first-order chi connectivity index (χ1) is 22.7. The number of benzene rings is 3. The molecular formula is C36H32N4O6S. The van der Waals surface area contributed by atoms with E-state index in [-0.39, 0.29) is 17.2 Å². The van der Waals surface area contributed by atoms with Gasteiger partial charge in [-0.3, -0.25) is 9.36 Å². The van der Waals surface area contributed by atoms with Gasteiger partial charge in [0.1, 0.15) is 11.4 Å². The lowest BCUT2D eigenvalue weighted by Crippen LogP contribution is -2.40. The molecular weight excluding hydrogens is 616 g/mol. The fourth-order valence-electron chi connectivity index (χ4n) is 5.42. The summed E-state index contributed by atoms with van der Waals surface area (Å²) in [4.78, 5) is 45.1. The van der Waals surface area contributed by atoms with Gasteiger partial charge in [-0.1, -0.05) is 41.7 Å². The van der Waals surface area contributed by atoms with Crippen LogP contribution in [0.3, 0.4) is 0 Å². The van der Waals surface area contributed by atoms with Crippen LogP contribution in [0.4, 0.5) is 0 Å². The lowest BCUT2D eigenvalue weighted by atomic mass is 9.95. The highest BCUT2D eigenvalue weighted by molar-refractivity contribution is 7.07. The lowest BCUT2D eigenvalue weighted by Gasteiger charge is -2.25. The molecule has 1 atom stereocenters. The van der Waals surface area contributed by atoms with Gasteiger partial charge in [0.2, 0.25) is 0 Å². The van der Waals surface area contributed by atoms with Crippen LogP contribution in [0.1, 0.15) is 48.3 Å². The molecule has 1 aliphatic rings. The predicted molar refractivity (Wildman–Crippen MR) is 178 cm³/mol. The molecule has 47 heavy (non-hydrogen) atoms. The Morgan fingerprint density at radius 1 is 0.936 bits per heavy atom. The first-order valence-electron chi connectivity index (χ1n) is 14.9. The summed E-state index contributed by atoms with van der Waals surface area (Å²) >= 11 is 1.22. The van der Waals surface area contributed by atoms with Crippen LogP contribution < -0.4 is 19.6 Å². The van der Waals surface area contributed by atoms with E-state index < -0.39 is 18.0 Å². The number of ether oxygens (including phenoxy) is 3. The second kappa shape index (κ2) is 13.1. The number of thiazole rings is 1. The molecule has 238 valence electrons. The molecule has 3 heterocycles. The van der Waals surface area contributed by atoms with Crippen molar-refractivity contribution >= 4 is 29.4 Å². The number of methoxy groups -OCH3 is 2. The summed E-state index contributed by atoms with van der Waals surface area (Å²) in [5.41, 5.74) is 4.43. The molecule has 5 aromatic rings. The molecule has 0 amide bonds. The molecule has 0 saturated heterocycles. The molecule has 1 unspecified atom stereocenters. The molecule has 10 nitrogen and oxygen atoms in total. The van der Waals surface area contributed by atoms with E-state index in [9.17, 15) is 14.4 Å². The molecule has 1 aliphatic heterocycles. The van der Waals surface area contributed by atoms with Gasteiger partial charge in [0.25, 0.3) is 5.56 Å². The summed E-state index contributed by atoms with van der Waals surface area (Å²) in [6, 6.07) is 23.1. The summed E-state index contributed by atoms with van der Waals surface area (Å²) in [6.07, 6.45) is 3.30. The molecule has 0 bridgehead atoms. The molecule has 0 N–H and O–H groups in total. The summed E-state index contributed by atoms with van der Waals surface area (Å²) in [5.74, 6) is -0.341. The zero-order chi connectivity index (χ0) is 33.2. The van der Waals surface area contributed by atoms with Crippen LogP contribution in [0.2, 0.25) is 0 Å². The van der Waals surface area contributed by atoms with Crippen molar-refractivity contribution < 1.29 is 23.8 Å². The van der Waals surface area contributed by atoms with Gasteiger partial charge in [0.15, 0.2) is 4.80 Å². The van der Waals surface area contributed by atoms with Crippen LogP contribution in [0, 0.1) is 0 Å². The number of rotatable bonds is 8. The average molecular weight is 649 g/mol. The normalized spacial score (nSPS) is 14.5. The summed E-state index contributed by atoms with van der Waals surface area (Å²) < 4.78 is 19.5. The molecule has 2 aromatic heterocycles. The topological polar surface area (TPSA) is 114 Å². The van der Waals surface area contributed by atoms with Crippen LogP contribution in [0.5, 0.6) is 5.75 Å². The zero-order valence-electron chi connectivity index (χ0n) is 26.5. The number of esters is 2. The van der Waals surface area contributed by atoms with Crippen LogP contribution in [-0.2, 0) is 14.3 Å². The molecule has 0 saturated carbocycles. The minimum absolute atomic E-state index is 0.249. The third kappa shape index (κ3) is 6.17. The fraction of sp³-hybridized carbons (Fsp3) is 0.194. The van der Waals surface area contributed by atoms with Crippen LogP contribution in [0.25, 0.3) is 23.0 Å². The van der Waals surface area contributed by atoms with Gasteiger partial charge in [-0.25, -0.2) is 19.3 Å². The number of carbonyl (C=O) groups excluding carboxylic acids is 2. The Bertz CT molecular complexity index is 2180. The number of fused-ring (bicyclic) bond motifs is 1. The Balaban J connectivity index is 1.53. The predicted octanol–water partition coefficient (Wildman–Crippen LogP) is 4.83. The summed E-state index contributed by atoms with van der Waals surface area (Å²) in [6.45, 7) is 5.26. The Labute approximate surface area is 274 Å². The first kappa shape index (κ1) is 31.4. The Morgan fingerprint density at radius 2 is 1.64 bits per heavy atom. The van der Waals surface area contributed by atoms with Crippen molar-refractivity contribution in [3.63, 3.8) is 0 Å². The van der Waals surface area contributed by atoms with E-state index in [1.807, 2.05) is 60.8 Å². The van der Waals surface area contributed by atoms with Crippen molar-refractivity contribution in [3.05, 3.63) is 133 Å². The van der Waals surface area contributed by atoms with Gasteiger partial charge in [0, 0.05) is 17.3 Å². The maximum Gasteiger partial charge on any atom is 0.338 e. The number of aromatic nitrogens is 3. The van der Waals surface area contributed by atoms with E-state index in [4.69, 9.17) is 24.3 Å². The number of hydrogen-bond acceptors (Lipinski definition) is 9. The molecule has 11 heteroatoms. The monoisotopic (exact) mass is 648 g/mol. The molecule has 3 aromatic carbocycles. The van der Waals surface area contributed by atoms with E-state index in [2.05, 4.69) is 0 Å². The zero-order valence-corrected chi connectivity index (χ0v) is 27.3. The number of allylic oxidation sites excluding steroid dienone is 1. The Hall–Kier alpha value is -5.55. The van der Waals surface area contributed by atoms with Gasteiger partial charge in [0.05, 0.1) is 53.4 Å². The largest absolute Gasteiger partial charge is 0.497 e. The van der Waals surface area contributed by atoms with Crippen molar-refractivity contribution in [1.29, 1.82) is 0 Å². The van der Waals surface area contributed by atoms with Crippen molar-refractivity contribution in [1.82, 2.24) is 14.3 Å². The molecule has 0 spiro atoms. The second-order valence-electron chi connectivity index (χ2n) is 11.1. The van der Waals surface area contributed by atoms with Crippen LogP contribution in [-0.4, -0.2) is 46.6 Å². The molecule has 0 fully saturated rings. The van der Waals surface area contributed by atoms with Gasteiger partial charge in [-0.15, -0.1) is 0 Å². The summed E-state index contributed by atoms with van der Waals surface area (Å²) in [7, 11) is 2.92. The first-order valence-corrected chi connectivity index (χ1v) is 15.7. The highest BCUT2D eigenvalue weighted by Crippen LogP contribution is 2.32. The van der Waals surface area contributed by atoms with Crippen LogP contribution >= 0.6 is 11.3 Å². The second-order valence-corrected chi connectivity index (χ2v) is 12.1. The third-order valence-electron chi connectivity index (χ3n) is 7.65. The third-order valence-corrected chi connectivity index (χ3v) is 8.63. The average Bonchev–Trinajstić information content (AvgIpc) is 3.64. The van der Waals surface area contributed by atoms with Crippen molar-refractivity contribution in [2.75, 3.05) is 14.2 Å². The van der Waals surface area contributed by atoms with Crippen molar-refractivity contribution in [2.45, 2.75) is 32.9 Å². The molecule has 0 radical (unpaired) electrons. The van der Waals surface area contributed by atoms with E-state index in [0.717, 1.165) is 16.8 Å². The Kier molecular flexibility index (Phi) is 8.73. The number of carbonyl (C=O) groups is 2. The van der Waals surface area contributed by atoms with Crippen molar-refractivity contribution in [3.8, 4) is 22.7 Å². The minimum atomic E-state index is -0.834. The lowest BCUT2D eigenvalue weighted by molar-refractivity contribution is -0.143. The maximum absolute atomic E-state index is 14.3. The molecule has 0 aliphatic carbocycles. The van der Waals surface area contributed by atoms with E-state index >= 15 is 0 Å². The Morgan fingerprint density at radius 3 is 2.28 bits per heavy atom. The number of para-hydroxylation sites is 1. The highest BCUT2D eigenvalue weighted by atomic mass is 32.1. The minimum Gasteiger partial charge on any atom is -0.497 e. The quantitative estimate of drug-likeness (QED) is 0.222. The van der Waals surface area contributed by atoms with Gasteiger partial charge >= 0.3 is 11.9 Å². The van der Waals surface area contributed by atoms with E-state index in [1.165, 1.54) is 23.0 Å². The molecule has 6 rings (SSSR count). The standard InChI is InChI=1S/C36H32N4O6S/c1-21(2)46-35(43)30-22(3)37-36-40(32(30)24-11-13-25(14-12-24)34(42)45-5)33(41)29(47-36)19-26-20-39(27-9-7-6-8-10-27)38-31(26)23-15-17-28(44-4)18-16-23/h6-21,32H,1-5H3. The SMILES string of the molecule is COC(=O)c1ccc(C2C(C(=O)OC(C)C)=C(C)N=c3sc(=Cc4cn(-c5ccccc5)nc4-c4ccc(OC)cc4)c(=O)n32)cc1. The fourth-order valence-corrected chi connectivity index (χ4v) is 6.45. The van der Waals surface area contributed by atoms with Crippen LogP contribution in [0.15, 0.2) is 106 Å². The number of nitrogens with zero attached hydrogens (tertiary/aromatic N) is 4. The maximum atomic E-state index is 14.3. The smallest absolute Gasteiger partial charge is 0.338 e. The van der Waals surface area contributed by atoms with Gasteiger partial charge < -0.3 is 14.2 Å². The van der Waals surface area contributed by atoms with E-state index in [0.29, 0.717) is 37.6 Å².